The lowest BCUT2D eigenvalue weighted by Gasteiger charge is -2.24. The molecule has 1 aliphatic rings. The zero-order valence-electron chi connectivity index (χ0n) is 6.34. The van der Waals surface area contributed by atoms with Gasteiger partial charge < -0.3 is 4.74 Å². The third-order valence-corrected chi connectivity index (χ3v) is 2.01. The Bertz CT molecular complexity index is 139. The highest BCUT2D eigenvalue weighted by Gasteiger charge is 2.20. The summed E-state index contributed by atoms with van der Waals surface area (Å²) in [5.74, 6) is 0.249. The lowest BCUT2D eigenvalue weighted by molar-refractivity contribution is 0.000407. The quantitative estimate of drug-likeness (QED) is 0.554. The second-order valence-electron chi connectivity index (χ2n) is 2.75. The predicted molar refractivity (Wildman–Crippen MR) is 38.4 cm³/mol. The molecule has 1 heterocycles. The molecule has 0 bridgehead atoms. The van der Waals surface area contributed by atoms with Crippen LogP contribution in [0, 0.1) is 17.2 Å². The van der Waals surface area contributed by atoms with E-state index in [1.165, 1.54) is 0 Å². The van der Waals surface area contributed by atoms with Crippen molar-refractivity contribution < 1.29 is 4.74 Å². The molecular weight excluding hydrogens is 126 g/mol. The summed E-state index contributed by atoms with van der Waals surface area (Å²) in [6, 6.07) is 2.29. The van der Waals surface area contributed by atoms with Gasteiger partial charge in [-0.15, -0.1) is 0 Å². The molecule has 0 radical (unpaired) electrons. The average molecular weight is 139 g/mol. The molecule has 2 nitrogen and oxygen atoms in total. The van der Waals surface area contributed by atoms with Gasteiger partial charge in [-0.25, -0.2) is 0 Å². The van der Waals surface area contributed by atoms with Crippen molar-refractivity contribution in [2.24, 2.45) is 5.92 Å². The van der Waals surface area contributed by atoms with Gasteiger partial charge in [-0.05, 0) is 19.3 Å². The third-order valence-electron chi connectivity index (χ3n) is 2.01. The van der Waals surface area contributed by atoms with Crippen molar-refractivity contribution in [2.45, 2.75) is 32.3 Å². The molecule has 0 amide bonds. The van der Waals surface area contributed by atoms with Gasteiger partial charge in [0.15, 0.2) is 0 Å². The second-order valence-corrected chi connectivity index (χ2v) is 2.75. The summed E-state index contributed by atoms with van der Waals surface area (Å²) >= 11 is 0. The van der Waals surface area contributed by atoms with Crippen LogP contribution in [0.1, 0.15) is 26.2 Å². The monoisotopic (exact) mass is 139 g/mol. The van der Waals surface area contributed by atoms with Crippen molar-refractivity contribution >= 4 is 0 Å². The summed E-state index contributed by atoms with van der Waals surface area (Å²) in [4.78, 5) is 0. The fraction of sp³-hybridized carbons (Fsp3) is 0.875. The molecule has 1 saturated heterocycles. The zero-order chi connectivity index (χ0) is 7.40. The van der Waals surface area contributed by atoms with Crippen LogP contribution < -0.4 is 0 Å². The molecule has 0 aliphatic carbocycles. The Labute approximate surface area is 61.8 Å². The van der Waals surface area contributed by atoms with E-state index in [0.717, 1.165) is 25.9 Å². The van der Waals surface area contributed by atoms with Gasteiger partial charge >= 0.3 is 0 Å². The van der Waals surface area contributed by atoms with E-state index in [9.17, 15) is 0 Å². The van der Waals surface area contributed by atoms with Crippen molar-refractivity contribution in [3.8, 4) is 6.07 Å². The van der Waals surface area contributed by atoms with Gasteiger partial charge in [-0.3, -0.25) is 0 Å². The van der Waals surface area contributed by atoms with Crippen LogP contribution in [0.4, 0.5) is 0 Å². The van der Waals surface area contributed by atoms with Gasteiger partial charge in [0, 0.05) is 6.61 Å². The maximum absolute atomic E-state index is 8.60. The Morgan fingerprint density at radius 1 is 1.70 bits per heavy atom. The Balaban J connectivity index is 2.33. The predicted octanol–water partition coefficient (Wildman–Crippen LogP) is 1.72. The minimum absolute atomic E-state index is 0.249. The minimum Gasteiger partial charge on any atom is -0.378 e. The first kappa shape index (κ1) is 7.56. The number of ether oxygens (including phenoxy) is 1. The molecule has 0 saturated carbocycles. The Morgan fingerprint density at radius 2 is 2.50 bits per heavy atom. The Kier molecular flexibility index (Phi) is 2.70. The summed E-state index contributed by atoms with van der Waals surface area (Å²) in [7, 11) is 0. The fourth-order valence-electron chi connectivity index (χ4n) is 1.28. The Hall–Kier alpha value is -0.550. The van der Waals surface area contributed by atoms with Gasteiger partial charge in [0.1, 0.15) is 0 Å². The lowest BCUT2D eigenvalue weighted by atomic mass is 9.96. The third kappa shape index (κ3) is 1.71. The largest absolute Gasteiger partial charge is 0.378 e. The van der Waals surface area contributed by atoms with Gasteiger partial charge in [-0.2, -0.15) is 5.26 Å². The van der Waals surface area contributed by atoms with E-state index in [2.05, 4.69) is 13.0 Å². The highest BCUT2D eigenvalue weighted by molar-refractivity contribution is 4.86. The van der Waals surface area contributed by atoms with Crippen LogP contribution in [-0.4, -0.2) is 12.7 Å². The summed E-state index contributed by atoms with van der Waals surface area (Å²) in [5.41, 5.74) is 0. The maximum Gasteiger partial charge on any atom is 0.0657 e. The van der Waals surface area contributed by atoms with Gasteiger partial charge in [-0.1, -0.05) is 6.92 Å². The summed E-state index contributed by atoms with van der Waals surface area (Å²) in [6.07, 6.45) is 3.25. The molecule has 0 aromatic rings. The minimum atomic E-state index is 0.249. The first-order valence-electron chi connectivity index (χ1n) is 3.88. The molecule has 2 unspecified atom stereocenters. The van der Waals surface area contributed by atoms with Crippen molar-refractivity contribution in [1.29, 1.82) is 5.26 Å². The highest BCUT2D eigenvalue weighted by Crippen LogP contribution is 2.20. The van der Waals surface area contributed by atoms with E-state index in [1.807, 2.05) is 0 Å². The lowest BCUT2D eigenvalue weighted by Crippen LogP contribution is -2.23. The molecule has 0 spiro atoms. The van der Waals surface area contributed by atoms with E-state index in [1.54, 1.807) is 0 Å². The van der Waals surface area contributed by atoms with E-state index < -0.39 is 0 Å². The number of nitriles is 1. The van der Waals surface area contributed by atoms with E-state index in [4.69, 9.17) is 10.00 Å². The van der Waals surface area contributed by atoms with E-state index >= 15 is 0 Å². The molecule has 2 atom stereocenters. The summed E-state index contributed by atoms with van der Waals surface area (Å²) in [6.45, 7) is 2.88. The molecule has 2 heteroatoms. The van der Waals surface area contributed by atoms with Crippen molar-refractivity contribution in [3.05, 3.63) is 0 Å². The second kappa shape index (κ2) is 3.58. The average Bonchev–Trinajstić information content (AvgIpc) is 2.05. The molecule has 0 N–H and O–H groups in total. The number of hydrogen-bond donors (Lipinski definition) is 0. The van der Waals surface area contributed by atoms with Crippen molar-refractivity contribution in [1.82, 2.24) is 0 Å². The number of hydrogen-bond acceptors (Lipinski definition) is 2. The first-order chi connectivity index (χ1) is 4.86. The highest BCUT2D eigenvalue weighted by atomic mass is 16.5. The fourth-order valence-corrected chi connectivity index (χ4v) is 1.28. The standard InChI is InChI=1S/C8H13NO/c1-2-8-5-7(6-9)3-4-10-8/h7-8H,2-5H2,1H3. The normalized spacial score (nSPS) is 33.2. The van der Waals surface area contributed by atoms with Crippen molar-refractivity contribution in [2.75, 3.05) is 6.61 Å². The van der Waals surface area contributed by atoms with Crippen LogP contribution >= 0.6 is 0 Å². The number of nitrogens with zero attached hydrogens (tertiary/aromatic N) is 1. The van der Waals surface area contributed by atoms with Gasteiger partial charge in [0.25, 0.3) is 0 Å². The summed E-state index contributed by atoms with van der Waals surface area (Å²) in [5, 5.41) is 8.60. The maximum atomic E-state index is 8.60. The van der Waals surface area contributed by atoms with Crippen LogP contribution in [0.2, 0.25) is 0 Å². The molecule has 56 valence electrons. The SMILES string of the molecule is CCC1CC(C#N)CCO1. The van der Waals surface area contributed by atoms with Crippen LogP contribution in [0.3, 0.4) is 0 Å². The first-order valence-corrected chi connectivity index (χ1v) is 3.88. The van der Waals surface area contributed by atoms with Crippen LogP contribution in [-0.2, 0) is 4.74 Å². The van der Waals surface area contributed by atoms with Crippen LogP contribution in [0.15, 0.2) is 0 Å². The molecule has 10 heavy (non-hydrogen) atoms. The molecule has 1 rings (SSSR count). The smallest absolute Gasteiger partial charge is 0.0657 e. The Morgan fingerprint density at radius 3 is 3.10 bits per heavy atom. The molecule has 1 aliphatic heterocycles. The number of rotatable bonds is 1. The molecular formula is C8H13NO. The zero-order valence-corrected chi connectivity index (χ0v) is 6.34. The molecule has 0 aromatic carbocycles. The van der Waals surface area contributed by atoms with Crippen LogP contribution in [0.5, 0.6) is 0 Å². The molecule has 0 aromatic heterocycles. The van der Waals surface area contributed by atoms with E-state index in [0.29, 0.717) is 6.10 Å². The summed E-state index contributed by atoms with van der Waals surface area (Å²) < 4.78 is 5.41. The molecule has 1 fully saturated rings. The topological polar surface area (TPSA) is 33.0 Å². The van der Waals surface area contributed by atoms with Gasteiger partial charge in [0.05, 0.1) is 18.1 Å². The van der Waals surface area contributed by atoms with Crippen LogP contribution in [0.25, 0.3) is 0 Å². The van der Waals surface area contributed by atoms with E-state index in [-0.39, 0.29) is 5.92 Å². The van der Waals surface area contributed by atoms with Crippen molar-refractivity contribution in [3.63, 3.8) is 0 Å². The van der Waals surface area contributed by atoms with Gasteiger partial charge in [0.2, 0.25) is 0 Å².